The summed E-state index contributed by atoms with van der Waals surface area (Å²) in [7, 11) is 0. The lowest BCUT2D eigenvalue weighted by Crippen LogP contribution is -2.51. The fraction of sp³-hybridized carbons (Fsp3) is 0.786. The molecule has 0 aromatic heterocycles. The molecule has 0 saturated carbocycles. The first kappa shape index (κ1) is 21.0. The largest absolute Gasteiger partial charge is 0.444 e. The molecule has 1 aliphatic heterocycles. The summed E-state index contributed by atoms with van der Waals surface area (Å²) in [6.45, 7) is 6.29. The summed E-state index contributed by atoms with van der Waals surface area (Å²) in [6.07, 6.45) is -0.941. The quantitative estimate of drug-likeness (QED) is 0.844. The summed E-state index contributed by atoms with van der Waals surface area (Å²) in [5, 5.41) is 2.53. The molecule has 1 atom stereocenters. The van der Waals surface area contributed by atoms with Crippen molar-refractivity contribution in [3.63, 3.8) is 0 Å². The normalized spacial score (nSPS) is 18.2. The van der Waals surface area contributed by atoms with Crippen molar-refractivity contribution in [1.82, 2.24) is 10.2 Å². The van der Waals surface area contributed by atoms with Crippen LogP contribution in [0.1, 0.15) is 40.5 Å². The van der Waals surface area contributed by atoms with E-state index in [2.05, 4.69) is 5.32 Å². The highest BCUT2D eigenvalue weighted by Crippen LogP contribution is 2.27. The standard InChI is InChI=1S/C13H22F2N2O3.CO2/c1-9(16-11(19)20-12(2,3)4)7-17-8-13(14,15)6-5-10(17)18;2-1-3/h9H,5-8H2,1-4H3,(H,16,19);/t9-;/m0./s1. The van der Waals surface area contributed by atoms with E-state index in [1.54, 1.807) is 27.7 Å². The van der Waals surface area contributed by atoms with Crippen LogP contribution in [0.25, 0.3) is 0 Å². The van der Waals surface area contributed by atoms with Crippen LogP contribution in [-0.4, -0.2) is 53.7 Å². The third-order valence-electron chi connectivity index (χ3n) is 2.74. The number of halogens is 2. The highest BCUT2D eigenvalue weighted by Gasteiger charge is 2.39. The van der Waals surface area contributed by atoms with Crippen molar-refractivity contribution >= 4 is 18.2 Å². The van der Waals surface area contributed by atoms with Gasteiger partial charge in [0.15, 0.2) is 0 Å². The van der Waals surface area contributed by atoms with E-state index < -0.39 is 36.6 Å². The Bertz CT molecular complexity index is 457. The molecule has 1 saturated heterocycles. The first-order valence-electron chi connectivity index (χ1n) is 7.04. The third kappa shape index (κ3) is 9.57. The van der Waals surface area contributed by atoms with Gasteiger partial charge >= 0.3 is 12.2 Å². The summed E-state index contributed by atoms with van der Waals surface area (Å²) in [5.41, 5.74) is -0.627. The molecule has 132 valence electrons. The number of piperidine rings is 1. The molecule has 0 aromatic rings. The molecule has 0 radical (unpaired) electrons. The number of carbonyl (C=O) groups excluding carboxylic acids is 4. The molecule has 9 heteroatoms. The van der Waals surface area contributed by atoms with Gasteiger partial charge in [-0.2, -0.15) is 9.59 Å². The molecule has 7 nitrogen and oxygen atoms in total. The Morgan fingerprint density at radius 3 is 2.43 bits per heavy atom. The molecule has 1 N–H and O–H groups in total. The van der Waals surface area contributed by atoms with Crippen molar-refractivity contribution in [1.29, 1.82) is 0 Å². The average Bonchev–Trinajstić information content (AvgIpc) is 2.31. The van der Waals surface area contributed by atoms with E-state index in [0.29, 0.717) is 0 Å². The van der Waals surface area contributed by atoms with Crippen molar-refractivity contribution < 1.29 is 32.7 Å². The van der Waals surface area contributed by atoms with Crippen LogP contribution in [0.5, 0.6) is 0 Å². The number of amides is 2. The molecule has 0 spiro atoms. The topological polar surface area (TPSA) is 92.8 Å². The molecule has 23 heavy (non-hydrogen) atoms. The summed E-state index contributed by atoms with van der Waals surface area (Å²) >= 11 is 0. The first-order chi connectivity index (χ1) is 10.4. The number of likely N-dealkylation sites (tertiary alicyclic amines) is 1. The Labute approximate surface area is 133 Å². The molecule has 1 rings (SSSR count). The lowest BCUT2D eigenvalue weighted by atomic mass is 10.1. The molecule has 0 unspecified atom stereocenters. The Balaban J connectivity index is 0.00000149. The zero-order valence-corrected chi connectivity index (χ0v) is 13.7. The van der Waals surface area contributed by atoms with Crippen LogP contribution in [0.4, 0.5) is 13.6 Å². The van der Waals surface area contributed by atoms with Crippen LogP contribution < -0.4 is 5.32 Å². The summed E-state index contributed by atoms with van der Waals surface area (Å²) in [5.74, 6) is -3.16. The molecule has 1 aliphatic rings. The van der Waals surface area contributed by atoms with Crippen LogP contribution >= 0.6 is 0 Å². The SMILES string of the molecule is C[C@@H](CN1CC(F)(F)CCC1=O)NC(=O)OC(C)(C)C.O=C=O. The van der Waals surface area contributed by atoms with Gasteiger partial charge in [0.2, 0.25) is 5.91 Å². The summed E-state index contributed by atoms with van der Waals surface area (Å²) in [4.78, 5) is 40.5. The number of ether oxygens (including phenoxy) is 1. The molecule has 0 aromatic carbocycles. The fourth-order valence-corrected chi connectivity index (χ4v) is 1.95. The minimum atomic E-state index is -2.85. The van der Waals surface area contributed by atoms with Gasteiger partial charge in [-0.15, -0.1) is 0 Å². The number of hydrogen-bond acceptors (Lipinski definition) is 5. The number of alkyl halides is 2. The lowest BCUT2D eigenvalue weighted by molar-refractivity contribution is -0.191. The number of rotatable bonds is 3. The van der Waals surface area contributed by atoms with Crippen molar-refractivity contribution in [3.8, 4) is 0 Å². The van der Waals surface area contributed by atoms with Crippen molar-refractivity contribution in [2.75, 3.05) is 13.1 Å². The number of nitrogens with zero attached hydrogens (tertiary/aromatic N) is 1. The van der Waals surface area contributed by atoms with E-state index in [9.17, 15) is 18.4 Å². The van der Waals surface area contributed by atoms with Gasteiger partial charge in [0.1, 0.15) is 5.60 Å². The van der Waals surface area contributed by atoms with Crippen LogP contribution in [0, 0.1) is 0 Å². The maximum absolute atomic E-state index is 13.3. The highest BCUT2D eigenvalue weighted by molar-refractivity contribution is 5.77. The van der Waals surface area contributed by atoms with Gasteiger partial charge in [0.05, 0.1) is 6.54 Å². The van der Waals surface area contributed by atoms with E-state index >= 15 is 0 Å². The Morgan fingerprint density at radius 2 is 1.96 bits per heavy atom. The summed E-state index contributed by atoms with van der Waals surface area (Å²) < 4.78 is 31.6. The third-order valence-corrected chi connectivity index (χ3v) is 2.74. The van der Waals surface area contributed by atoms with E-state index in [1.165, 1.54) is 0 Å². The minimum Gasteiger partial charge on any atom is -0.444 e. The van der Waals surface area contributed by atoms with Gasteiger partial charge in [0, 0.05) is 25.4 Å². The number of hydrogen-bond donors (Lipinski definition) is 1. The number of nitrogens with one attached hydrogen (secondary N) is 1. The smallest absolute Gasteiger partial charge is 0.407 e. The zero-order valence-electron chi connectivity index (χ0n) is 13.7. The maximum atomic E-state index is 13.3. The molecule has 0 bridgehead atoms. The number of carbonyl (C=O) groups is 2. The number of alkyl carbamates (subject to hydrolysis) is 1. The highest BCUT2D eigenvalue weighted by atomic mass is 19.3. The van der Waals surface area contributed by atoms with E-state index in [0.717, 1.165) is 4.90 Å². The van der Waals surface area contributed by atoms with Crippen molar-refractivity contribution in [3.05, 3.63) is 0 Å². The Morgan fingerprint density at radius 1 is 1.43 bits per heavy atom. The van der Waals surface area contributed by atoms with Crippen LogP contribution in [0.15, 0.2) is 0 Å². The van der Waals surface area contributed by atoms with Crippen LogP contribution in [0.2, 0.25) is 0 Å². The monoisotopic (exact) mass is 336 g/mol. The molecule has 0 aliphatic carbocycles. The van der Waals surface area contributed by atoms with Gasteiger partial charge in [-0.1, -0.05) is 0 Å². The van der Waals surface area contributed by atoms with E-state index in [4.69, 9.17) is 14.3 Å². The average molecular weight is 336 g/mol. The fourth-order valence-electron chi connectivity index (χ4n) is 1.95. The van der Waals surface area contributed by atoms with Crippen LogP contribution in [0.3, 0.4) is 0 Å². The predicted molar refractivity (Wildman–Crippen MR) is 74.6 cm³/mol. The van der Waals surface area contributed by atoms with Crippen molar-refractivity contribution in [2.24, 2.45) is 0 Å². The molecular formula is C14H22F2N2O5. The van der Waals surface area contributed by atoms with Gasteiger partial charge in [-0.3, -0.25) is 4.79 Å². The second-order valence-electron chi connectivity index (χ2n) is 6.26. The molecular weight excluding hydrogens is 314 g/mol. The predicted octanol–water partition coefficient (Wildman–Crippen LogP) is 1.57. The van der Waals surface area contributed by atoms with E-state index in [-0.39, 0.29) is 25.0 Å². The van der Waals surface area contributed by atoms with Gasteiger partial charge in [0.25, 0.3) is 5.92 Å². The maximum Gasteiger partial charge on any atom is 0.407 e. The molecule has 1 fully saturated rings. The lowest BCUT2D eigenvalue weighted by Gasteiger charge is -2.34. The van der Waals surface area contributed by atoms with Gasteiger partial charge in [-0.25, -0.2) is 13.6 Å². The van der Waals surface area contributed by atoms with Gasteiger partial charge in [-0.05, 0) is 27.7 Å². The summed E-state index contributed by atoms with van der Waals surface area (Å²) in [6, 6.07) is -0.456. The molecule has 1 heterocycles. The van der Waals surface area contributed by atoms with Crippen molar-refractivity contribution in [2.45, 2.75) is 58.1 Å². The second kappa shape index (κ2) is 8.57. The first-order valence-corrected chi connectivity index (χ1v) is 7.04. The zero-order chi connectivity index (χ0) is 18.3. The Hall–Kier alpha value is -2.02. The van der Waals surface area contributed by atoms with E-state index in [1.807, 2.05) is 0 Å². The minimum absolute atomic E-state index is 0.0493. The molecule has 2 amide bonds. The van der Waals surface area contributed by atoms with Crippen LogP contribution in [-0.2, 0) is 19.1 Å². The van der Waals surface area contributed by atoms with Gasteiger partial charge < -0.3 is 15.0 Å². The Kier molecular flexibility index (Phi) is 7.82. The second-order valence-corrected chi connectivity index (χ2v) is 6.26.